The lowest BCUT2D eigenvalue weighted by Crippen LogP contribution is -1.98. The van der Waals surface area contributed by atoms with Crippen LogP contribution in [0.4, 0.5) is 0 Å². The molecule has 0 bridgehead atoms. The Labute approximate surface area is 175 Å². The fourth-order valence-corrected chi connectivity index (χ4v) is 3.38. The molecule has 2 aliphatic rings. The summed E-state index contributed by atoms with van der Waals surface area (Å²) in [7, 11) is 0.662. The van der Waals surface area contributed by atoms with Crippen molar-refractivity contribution in [3.05, 3.63) is 90.5 Å². The number of rotatable bonds is 3. The summed E-state index contributed by atoms with van der Waals surface area (Å²) in [5, 5.41) is 8.50. The molecule has 2 aliphatic carbocycles. The molecule has 0 aromatic heterocycles. The monoisotopic (exact) mass is 395 g/mol. The Balaban J connectivity index is 0.000000157. The topological polar surface area (TPSA) is 29.5 Å². The highest BCUT2D eigenvalue weighted by molar-refractivity contribution is 6.21. The molecule has 0 heterocycles. The van der Waals surface area contributed by atoms with Gasteiger partial charge in [-0.05, 0) is 56.2 Å². The Morgan fingerprint density at radius 2 is 1.43 bits per heavy atom. The predicted octanol–water partition coefficient (Wildman–Crippen LogP) is 6.44. The Kier molecular flexibility index (Phi) is 11.2. The zero-order chi connectivity index (χ0) is 19.9. The summed E-state index contributed by atoms with van der Waals surface area (Å²) >= 11 is 5.73. The highest BCUT2D eigenvalue weighted by Crippen LogP contribution is 2.26. The van der Waals surface area contributed by atoms with Gasteiger partial charge in [-0.25, -0.2) is 0 Å². The van der Waals surface area contributed by atoms with Crippen LogP contribution in [0, 0.1) is 0 Å². The molecule has 4 heteroatoms. The van der Waals surface area contributed by atoms with Gasteiger partial charge in [0.05, 0.1) is 11.1 Å². The molecule has 0 fully saturated rings. The van der Waals surface area contributed by atoms with Crippen molar-refractivity contribution in [3.8, 4) is 5.75 Å². The van der Waals surface area contributed by atoms with E-state index in [1.807, 2.05) is 18.2 Å². The molecule has 0 saturated heterocycles. The lowest BCUT2D eigenvalue weighted by atomic mass is 9.89. The van der Waals surface area contributed by atoms with Crippen LogP contribution in [0.1, 0.15) is 50.0 Å². The van der Waals surface area contributed by atoms with Crippen LogP contribution < -0.4 is 4.65 Å². The highest BCUT2D eigenvalue weighted by Gasteiger charge is 2.09. The van der Waals surface area contributed by atoms with Crippen LogP contribution in [-0.2, 0) is 0 Å². The van der Waals surface area contributed by atoms with Gasteiger partial charge < -0.3 is 9.68 Å². The molecule has 0 amide bonds. The average Bonchev–Trinajstić information content (AvgIpc) is 2.77. The normalized spacial score (nSPS) is 20.1. The third-order valence-electron chi connectivity index (χ3n) is 4.61. The van der Waals surface area contributed by atoms with Crippen LogP contribution in [0.15, 0.2) is 85.0 Å². The fraction of sp³-hybridized carbons (Fsp3) is 0.333. The average molecular weight is 396 g/mol. The van der Waals surface area contributed by atoms with Crippen molar-refractivity contribution in [2.45, 2.75) is 49.8 Å². The molecule has 0 saturated carbocycles. The van der Waals surface area contributed by atoms with Gasteiger partial charge in [0.25, 0.3) is 0 Å². The second-order valence-electron chi connectivity index (χ2n) is 6.79. The first-order chi connectivity index (χ1) is 13.8. The third kappa shape index (κ3) is 9.30. The molecular formula is C24H29BClO2. The van der Waals surface area contributed by atoms with Crippen LogP contribution in [0.25, 0.3) is 0 Å². The molecular weight excluding hydrogens is 367 g/mol. The quantitative estimate of drug-likeness (QED) is 0.368. The molecule has 4 rings (SSSR count). The van der Waals surface area contributed by atoms with Crippen molar-refractivity contribution < 1.29 is 9.68 Å². The molecule has 2 aromatic rings. The van der Waals surface area contributed by atoms with Gasteiger partial charge in [0.2, 0.25) is 0 Å². The maximum atomic E-state index is 8.17. The van der Waals surface area contributed by atoms with Crippen LogP contribution >= 0.6 is 11.6 Å². The van der Waals surface area contributed by atoms with Crippen molar-refractivity contribution in [2.24, 2.45) is 0 Å². The standard InChI is InChI=1S/C12H14.C6H6BO2.C6H9Cl/c1-3-7-11(8-4-1)12-9-5-2-6-10-12;8-7-9-6-4-2-1-3-5-6;7-6-4-2-1-3-5-6/h1,3-5,7-9,12H,2,6,10H2;1-5,8H;2,4,6H,1,3,5H2/t12-;;/m0../s1. The number of hydrogen-bond donors (Lipinski definition) is 1. The van der Waals surface area contributed by atoms with Gasteiger partial charge in [-0.3, -0.25) is 0 Å². The van der Waals surface area contributed by atoms with Gasteiger partial charge in [0.1, 0.15) is 0 Å². The first kappa shape index (κ1) is 22.3. The Hall–Kier alpha value is -1.97. The molecule has 2 aromatic carbocycles. The van der Waals surface area contributed by atoms with Crippen LogP contribution in [0.3, 0.4) is 0 Å². The molecule has 2 atom stereocenters. The fourth-order valence-electron chi connectivity index (χ4n) is 3.12. The number of allylic oxidation sites excluding steroid dienone is 4. The van der Waals surface area contributed by atoms with E-state index in [0.717, 1.165) is 6.42 Å². The SMILES string of the molecule is C1=C[C@H](c2ccccc2)CCC1.ClC1C=CCCC1.O[B]Oc1ccccc1. The van der Waals surface area contributed by atoms with Crippen molar-refractivity contribution in [1.29, 1.82) is 0 Å². The third-order valence-corrected chi connectivity index (χ3v) is 4.97. The summed E-state index contributed by atoms with van der Waals surface area (Å²) in [6, 6.07) is 19.8. The Morgan fingerprint density at radius 1 is 0.821 bits per heavy atom. The maximum absolute atomic E-state index is 8.17. The van der Waals surface area contributed by atoms with Crippen molar-refractivity contribution in [1.82, 2.24) is 0 Å². The van der Waals surface area contributed by atoms with Gasteiger partial charge in [0.15, 0.2) is 0 Å². The predicted molar refractivity (Wildman–Crippen MR) is 120 cm³/mol. The summed E-state index contributed by atoms with van der Waals surface area (Å²) in [5.74, 6) is 1.32. The summed E-state index contributed by atoms with van der Waals surface area (Å²) < 4.78 is 4.64. The first-order valence-electron chi connectivity index (χ1n) is 9.99. The lowest BCUT2D eigenvalue weighted by Gasteiger charge is -2.16. The minimum absolute atomic E-state index is 0.328. The van der Waals surface area contributed by atoms with Crippen molar-refractivity contribution >= 4 is 19.3 Å². The number of alkyl halides is 1. The lowest BCUT2D eigenvalue weighted by molar-refractivity contribution is 0.454. The van der Waals surface area contributed by atoms with E-state index >= 15 is 0 Å². The zero-order valence-electron chi connectivity index (χ0n) is 16.3. The summed E-state index contributed by atoms with van der Waals surface area (Å²) in [5.41, 5.74) is 1.47. The number of halogens is 1. The van der Waals surface area contributed by atoms with Crippen LogP contribution in [-0.4, -0.2) is 18.1 Å². The minimum atomic E-state index is 0.328. The first-order valence-corrected chi connectivity index (χ1v) is 10.4. The van der Waals surface area contributed by atoms with Gasteiger partial charge in [-0.2, -0.15) is 0 Å². The van der Waals surface area contributed by atoms with Gasteiger partial charge in [-0.15, -0.1) is 11.6 Å². The molecule has 28 heavy (non-hydrogen) atoms. The largest absolute Gasteiger partial charge is 0.569 e. The van der Waals surface area contributed by atoms with Crippen LogP contribution in [0.5, 0.6) is 5.75 Å². The number of benzene rings is 2. The zero-order valence-corrected chi connectivity index (χ0v) is 17.0. The van der Waals surface area contributed by atoms with Crippen molar-refractivity contribution in [3.63, 3.8) is 0 Å². The van der Waals surface area contributed by atoms with Crippen molar-refractivity contribution in [2.75, 3.05) is 0 Å². The second-order valence-corrected chi connectivity index (χ2v) is 7.35. The molecule has 2 nitrogen and oxygen atoms in total. The highest BCUT2D eigenvalue weighted by atomic mass is 35.5. The Morgan fingerprint density at radius 3 is 1.89 bits per heavy atom. The van der Waals surface area contributed by atoms with Crippen LogP contribution in [0.2, 0.25) is 0 Å². The van der Waals surface area contributed by atoms with Gasteiger partial charge in [0, 0.05) is 5.92 Å². The van der Waals surface area contributed by atoms with E-state index in [0.29, 0.717) is 24.7 Å². The summed E-state index contributed by atoms with van der Waals surface area (Å²) in [6.45, 7) is 0. The summed E-state index contributed by atoms with van der Waals surface area (Å²) in [6.07, 6.45) is 16.5. The van der Waals surface area contributed by atoms with E-state index in [4.69, 9.17) is 16.6 Å². The molecule has 0 aliphatic heterocycles. The Bertz CT molecular complexity index is 688. The molecule has 1 N–H and O–H groups in total. The molecule has 147 valence electrons. The van der Waals surface area contributed by atoms with Gasteiger partial charge >= 0.3 is 7.69 Å². The van der Waals surface area contributed by atoms with E-state index in [9.17, 15) is 0 Å². The van der Waals surface area contributed by atoms with E-state index in [2.05, 4.69) is 59.3 Å². The number of para-hydroxylation sites is 1. The number of hydrogen-bond acceptors (Lipinski definition) is 2. The smallest absolute Gasteiger partial charge is 0.537 e. The summed E-state index contributed by atoms with van der Waals surface area (Å²) in [4.78, 5) is 0. The van der Waals surface area contributed by atoms with Gasteiger partial charge in [-0.1, -0.05) is 72.8 Å². The van der Waals surface area contributed by atoms with E-state index < -0.39 is 0 Å². The molecule has 1 radical (unpaired) electrons. The minimum Gasteiger partial charge on any atom is -0.537 e. The van der Waals surface area contributed by atoms with E-state index in [1.54, 1.807) is 12.1 Å². The molecule has 1 unspecified atom stereocenters. The molecule has 0 spiro atoms. The maximum Gasteiger partial charge on any atom is 0.569 e. The van der Waals surface area contributed by atoms with E-state index in [1.165, 1.54) is 37.7 Å². The van der Waals surface area contributed by atoms with E-state index in [-0.39, 0.29) is 0 Å². The second kappa shape index (κ2) is 14.1.